The molecule has 0 unspecified atom stereocenters. The molecule has 0 bridgehead atoms. The van der Waals surface area contributed by atoms with Crippen molar-refractivity contribution >= 4 is 15.9 Å². The largest absolute Gasteiger partial charge is 0.380 e. The molecular weight excluding hydrogens is 278 g/mol. The molecule has 0 radical (unpaired) electrons. The second-order valence-electron chi connectivity index (χ2n) is 5.26. The van der Waals surface area contributed by atoms with Crippen LogP contribution >= 0.6 is 15.9 Å². The van der Waals surface area contributed by atoms with Crippen molar-refractivity contribution in [1.29, 1.82) is 0 Å². The Bertz CT molecular complexity index is 193. The second kappa shape index (κ2) is 8.49. The molecule has 0 aromatic heterocycles. The maximum absolute atomic E-state index is 5.47. The summed E-state index contributed by atoms with van der Waals surface area (Å²) in [6, 6.07) is 0. The minimum atomic E-state index is 0.528. The molecule has 0 N–H and O–H groups in total. The van der Waals surface area contributed by atoms with Crippen molar-refractivity contribution in [3.63, 3.8) is 0 Å². The average Bonchev–Trinajstić information content (AvgIpc) is 2.39. The first-order valence-electron chi connectivity index (χ1n) is 7.12. The summed E-state index contributed by atoms with van der Waals surface area (Å²) in [6.45, 7) is 9.50. The summed E-state index contributed by atoms with van der Waals surface area (Å²) < 4.78 is 5.47. The standard InChI is InChI=1S/C14H28BrNO/c1-3-16(10-11-17-4-2)13-14(12-15)8-6-5-7-9-14/h3-13H2,1-2H3. The lowest BCUT2D eigenvalue weighted by molar-refractivity contribution is 0.0820. The van der Waals surface area contributed by atoms with Crippen LogP contribution in [0.4, 0.5) is 0 Å². The molecule has 102 valence electrons. The van der Waals surface area contributed by atoms with Gasteiger partial charge in [-0.1, -0.05) is 42.1 Å². The fraction of sp³-hybridized carbons (Fsp3) is 1.00. The number of likely N-dealkylation sites (N-methyl/N-ethyl adjacent to an activating group) is 1. The predicted octanol–water partition coefficient (Wildman–Crippen LogP) is 3.69. The Morgan fingerprint density at radius 1 is 1.18 bits per heavy atom. The van der Waals surface area contributed by atoms with Crippen molar-refractivity contribution in [3.8, 4) is 0 Å². The first-order valence-corrected chi connectivity index (χ1v) is 8.24. The van der Waals surface area contributed by atoms with E-state index < -0.39 is 0 Å². The summed E-state index contributed by atoms with van der Waals surface area (Å²) in [7, 11) is 0. The van der Waals surface area contributed by atoms with Gasteiger partial charge >= 0.3 is 0 Å². The van der Waals surface area contributed by atoms with E-state index in [1.165, 1.54) is 38.6 Å². The molecule has 17 heavy (non-hydrogen) atoms. The topological polar surface area (TPSA) is 12.5 Å². The molecule has 0 atom stereocenters. The molecule has 1 aliphatic carbocycles. The molecule has 0 aliphatic heterocycles. The molecule has 2 nitrogen and oxygen atoms in total. The normalized spacial score (nSPS) is 19.8. The van der Waals surface area contributed by atoms with Gasteiger partial charge in [0, 0.05) is 25.0 Å². The highest BCUT2D eigenvalue weighted by Crippen LogP contribution is 2.38. The van der Waals surface area contributed by atoms with Crippen LogP contribution in [-0.4, -0.2) is 43.1 Å². The van der Waals surface area contributed by atoms with E-state index in [-0.39, 0.29) is 0 Å². The lowest BCUT2D eigenvalue weighted by atomic mass is 9.75. The van der Waals surface area contributed by atoms with Gasteiger partial charge in [0.2, 0.25) is 0 Å². The van der Waals surface area contributed by atoms with E-state index in [0.717, 1.165) is 31.6 Å². The zero-order chi connectivity index (χ0) is 12.6. The van der Waals surface area contributed by atoms with Crippen molar-refractivity contribution in [1.82, 2.24) is 4.90 Å². The van der Waals surface area contributed by atoms with Crippen molar-refractivity contribution in [3.05, 3.63) is 0 Å². The second-order valence-corrected chi connectivity index (χ2v) is 5.82. The van der Waals surface area contributed by atoms with E-state index in [0.29, 0.717) is 5.41 Å². The minimum Gasteiger partial charge on any atom is -0.380 e. The maximum Gasteiger partial charge on any atom is 0.0593 e. The molecule has 0 saturated heterocycles. The third-order valence-corrected chi connectivity index (χ3v) is 5.15. The van der Waals surface area contributed by atoms with Crippen LogP contribution in [0.15, 0.2) is 0 Å². The van der Waals surface area contributed by atoms with Crippen LogP contribution in [0.25, 0.3) is 0 Å². The van der Waals surface area contributed by atoms with Crippen molar-refractivity contribution in [2.75, 3.05) is 38.2 Å². The van der Waals surface area contributed by atoms with Crippen molar-refractivity contribution < 1.29 is 4.74 Å². The molecule has 3 heteroatoms. The molecule has 0 aromatic carbocycles. The number of hydrogen-bond donors (Lipinski definition) is 0. The molecule has 0 heterocycles. The summed E-state index contributed by atoms with van der Waals surface area (Å²) in [5.41, 5.74) is 0.528. The Morgan fingerprint density at radius 2 is 1.88 bits per heavy atom. The molecule has 0 amide bonds. The van der Waals surface area contributed by atoms with Crippen LogP contribution in [0.5, 0.6) is 0 Å². The molecule has 1 rings (SSSR count). The number of ether oxygens (including phenoxy) is 1. The summed E-state index contributed by atoms with van der Waals surface area (Å²) in [4.78, 5) is 2.56. The highest BCUT2D eigenvalue weighted by molar-refractivity contribution is 9.09. The molecule has 1 fully saturated rings. The maximum atomic E-state index is 5.47. The van der Waals surface area contributed by atoms with Gasteiger partial charge in [-0.05, 0) is 31.7 Å². The van der Waals surface area contributed by atoms with Crippen molar-refractivity contribution in [2.45, 2.75) is 46.0 Å². The average molecular weight is 306 g/mol. The quantitative estimate of drug-likeness (QED) is 0.501. The first kappa shape index (κ1) is 15.5. The number of nitrogens with zero attached hydrogens (tertiary/aromatic N) is 1. The molecule has 0 aromatic rings. The summed E-state index contributed by atoms with van der Waals surface area (Å²) in [6.07, 6.45) is 7.04. The molecule has 1 aliphatic rings. The van der Waals surface area contributed by atoms with Gasteiger partial charge in [-0.15, -0.1) is 0 Å². The first-order chi connectivity index (χ1) is 8.26. The van der Waals surface area contributed by atoms with Gasteiger partial charge < -0.3 is 9.64 Å². The zero-order valence-electron chi connectivity index (χ0n) is 11.5. The Hall–Kier alpha value is 0.400. The molecule has 1 saturated carbocycles. The van der Waals surface area contributed by atoms with Gasteiger partial charge in [0.1, 0.15) is 0 Å². The smallest absolute Gasteiger partial charge is 0.0593 e. The number of halogens is 1. The minimum absolute atomic E-state index is 0.528. The Morgan fingerprint density at radius 3 is 2.41 bits per heavy atom. The monoisotopic (exact) mass is 305 g/mol. The van der Waals surface area contributed by atoms with Gasteiger partial charge in [-0.25, -0.2) is 0 Å². The van der Waals surface area contributed by atoms with E-state index in [1.54, 1.807) is 0 Å². The number of rotatable bonds is 8. The van der Waals surface area contributed by atoms with Crippen LogP contribution in [0, 0.1) is 5.41 Å². The third kappa shape index (κ3) is 5.27. The molecule has 0 spiro atoms. The molecular formula is C14H28BrNO. The van der Waals surface area contributed by atoms with Crippen LogP contribution in [0.3, 0.4) is 0 Å². The fourth-order valence-corrected chi connectivity index (χ4v) is 3.54. The lowest BCUT2D eigenvalue weighted by Crippen LogP contribution is -2.41. The SMILES string of the molecule is CCOCCN(CC)CC1(CBr)CCCCC1. The fourth-order valence-electron chi connectivity index (χ4n) is 2.80. The summed E-state index contributed by atoms with van der Waals surface area (Å²) in [5, 5.41) is 1.16. The third-order valence-electron chi connectivity index (χ3n) is 3.96. The van der Waals surface area contributed by atoms with Gasteiger partial charge in [0.05, 0.1) is 6.61 Å². The van der Waals surface area contributed by atoms with Gasteiger partial charge in [-0.3, -0.25) is 0 Å². The van der Waals surface area contributed by atoms with Crippen molar-refractivity contribution in [2.24, 2.45) is 5.41 Å². The summed E-state index contributed by atoms with van der Waals surface area (Å²) >= 11 is 3.75. The van der Waals surface area contributed by atoms with E-state index in [9.17, 15) is 0 Å². The van der Waals surface area contributed by atoms with E-state index >= 15 is 0 Å². The van der Waals surface area contributed by atoms with Gasteiger partial charge in [0.25, 0.3) is 0 Å². The highest BCUT2D eigenvalue weighted by atomic mass is 79.9. The Labute approximate surface area is 115 Å². The van der Waals surface area contributed by atoms with Gasteiger partial charge in [0.15, 0.2) is 0 Å². The van der Waals surface area contributed by atoms with Crippen LogP contribution in [0.1, 0.15) is 46.0 Å². The Kier molecular flexibility index (Phi) is 7.72. The predicted molar refractivity (Wildman–Crippen MR) is 77.9 cm³/mol. The van der Waals surface area contributed by atoms with Crippen LogP contribution < -0.4 is 0 Å². The van der Waals surface area contributed by atoms with Crippen LogP contribution in [0.2, 0.25) is 0 Å². The van der Waals surface area contributed by atoms with E-state index in [1.807, 2.05) is 0 Å². The van der Waals surface area contributed by atoms with E-state index in [4.69, 9.17) is 4.74 Å². The zero-order valence-corrected chi connectivity index (χ0v) is 13.1. The number of alkyl halides is 1. The highest BCUT2D eigenvalue weighted by Gasteiger charge is 2.32. The Balaban J connectivity index is 2.40. The summed E-state index contributed by atoms with van der Waals surface area (Å²) in [5.74, 6) is 0. The van der Waals surface area contributed by atoms with Gasteiger partial charge in [-0.2, -0.15) is 0 Å². The van der Waals surface area contributed by atoms with Crippen LogP contribution in [-0.2, 0) is 4.74 Å². The lowest BCUT2D eigenvalue weighted by Gasteiger charge is -2.39. The number of hydrogen-bond acceptors (Lipinski definition) is 2. The van der Waals surface area contributed by atoms with E-state index in [2.05, 4.69) is 34.7 Å².